The lowest BCUT2D eigenvalue weighted by molar-refractivity contribution is 0.288. The first-order valence-corrected chi connectivity index (χ1v) is 8.77. The molecule has 1 aromatic rings. The number of fused-ring (bicyclic) bond motifs is 1. The molecule has 21 heavy (non-hydrogen) atoms. The second-order valence-electron chi connectivity index (χ2n) is 5.36. The summed E-state index contributed by atoms with van der Waals surface area (Å²) < 4.78 is 32.9. The third kappa shape index (κ3) is 3.45. The number of hydrogen-bond acceptors (Lipinski definition) is 4. The minimum absolute atomic E-state index is 0.321. The average molecular weight is 308 g/mol. The van der Waals surface area contributed by atoms with E-state index in [-0.39, 0.29) is 0 Å². The molecule has 0 aromatic heterocycles. The molecule has 0 amide bonds. The lowest BCUT2D eigenvalue weighted by Crippen LogP contribution is -2.29. The summed E-state index contributed by atoms with van der Waals surface area (Å²) in [6.45, 7) is 2.81. The highest BCUT2D eigenvalue weighted by molar-refractivity contribution is 7.89. The summed E-state index contributed by atoms with van der Waals surface area (Å²) in [6.07, 6.45) is 4.74. The van der Waals surface area contributed by atoms with E-state index < -0.39 is 10.0 Å². The number of rotatable bonds is 4. The van der Waals surface area contributed by atoms with Gasteiger partial charge in [-0.25, -0.2) is 13.1 Å². The van der Waals surface area contributed by atoms with Crippen LogP contribution in [0.2, 0.25) is 0 Å². The summed E-state index contributed by atoms with van der Waals surface area (Å²) in [6, 6.07) is 5.10. The van der Waals surface area contributed by atoms with Gasteiger partial charge in [-0.2, -0.15) is 0 Å². The van der Waals surface area contributed by atoms with Crippen molar-refractivity contribution in [3.8, 4) is 5.75 Å². The maximum atomic E-state index is 12.4. The molecule has 0 radical (unpaired) electrons. The van der Waals surface area contributed by atoms with Crippen LogP contribution >= 0.6 is 0 Å². The molecule has 0 aliphatic carbocycles. The molecule has 0 atom stereocenters. The summed E-state index contributed by atoms with van der Waals surface area (Å²) in [5.41, 5.74) is 2.11. The van der Waals surface area contributed by atoms with E-state index >= 15 is 0 Å². The molecule has 6 heteroatoms. The predicted octanol–water partition coefficient (Wildman–Crippen LogP) is 1.21. The first-order valence-electron chi connectivity index (χ1n) is 7.29. The van der Waals surface area contributed by atoms with Gasteiger partial charge in [0.05, 0.1) is 11.5 Å². The first-order chi connectivity index (χ1) is 10.1. The zero-order valence-electron chi connectivity index (χ0n) is 11.9. The fraction of sp³-hybridized carbons (Fsp3) is 0.467. The zero-order valence-corrected chi connectivity index (χ0v) is 12.7. The molecule has 2 aliphatic heterocycles. The van der Waals surface area contributed by atoms with Crippen LogP contribution in [0.3, 0.4) is 0 Å². The summed E-state index contributed by atoms with van der Waals surface area (Å²) in [7, 11) is -3.46. The van der Waals surface area contributed by atoms with Crippen molar-refractivity contribution in [2.24, 2.45) is 0 Å². The maximum Gasteiger partial charge on any atom is 0.240 e. The highest BCUT2D eigenvalue weighted by Gasteiger charge is 2.18. The van der Waals surface area contributed by atoms with Gasteiger partial charge in [0, 0.05) is 13.1 Å². The van der Waals surface area contributed by atoms with Gasteiger partial charge in [-0.05, 0) is 49.6 Å². The molecule has 0 saturated carbocycles. The van der Waals surface area contributed by atoms with E-state index in [1.54, 1.807) is 18.2 Å². The van der Waals surface area contributed by atoms with Crippen LogP contribution in [0.1, 0.15) is 18.4 Å². The lowest BCUT2D eigenvalue weighted by atomic mass is 10.1. The molecule has 0 saturated heterocycles. The molecule has 114 valence electrons. The van der Waals surface area contributed by atoms with Crippen LogP contribution in [-0.4, -0.2) is 34.7 Å². The Morgan fingerprint density at radius 3 is 3.00 bits per heavy atom. The standard InChI is InChI=1S/C15H20N2O3S/c18-21(19,17-11-12-5-7-16-8-6-12)14-3-4-15-13(10-14)2-1-9-20-15/h3-5,10,16-17H,1-2,6-9,11H2. The van der Waals surface area contributed by atoms with Crippen molar-refractivity contribution in [2.75, 3.05) is 26.2 Å². The van der Waals surface area contributed by atoms with Gasteiger partial charge in [0.2, 0.25) is 10.0 Å². The van der Waals surface area contributed by atoms with Crippen molar-refractivity contribution in [1.82, 2.24) is 10.0 Å². The molecule has 5 nitrogen and oxygen atoms in total. The van der Waals surface area contributed by atoms with E-state index in [1.165, 1.54) is 0 Å². The van der Waals surface area contributed by atoms with Crippen LogP contribution in [0.15, 0.2) is 34.7 Å². The van der Waals surface area contributed by atoms with Crippen molar-refractivity contribution in [3.63, 3.8) is 0 Å². The molecule has 0 bridgehead atoms. The number of hydrogen-bond donors (Lipinski definition) is 2. The van der Waals surface area contributed by atoms with E-state index in [0.29, 0.717) is 18.0 Å². The quantitative estimate of drug-likeness (QED) is 0.821. The molecule has 2 heterocycles. The van der Waals surface area contributed by atoms with Crippen molar-refractivity contribution in [3.05, 3.63) is 35.4 Å². The van der Waals surface area contributed by atoms with E-state index in [2.05, 4.69) is 10.0 Å². The minimum atomic E-state index is -3.46. The molecule has 1 aromatic carbocycles. The van der Waals surface area contributed by atoms with Crippen molar-refractivity contribution in [1.29, 1.82) is 0 Å². The fourth-order valence-corrected chi connectivity index (χ4v) is 3.69. The van der Waals surface area contributed by atoms with Crippen molar-refractivity contribution in [2.45, 2.75) is 24.2 Å². The average Bonchev–Trinajstić information content (AvgIpc) is 2.53. The van der Waals surface area contributed by atoms with E-state index in [9.17, 15) is 8.42 Å². The van der Waals surface area contributed by atoms with Gasteiger partial charge in [0.1, 0.15) is 5.75 Å². The number of sulfonamides is 1. The number of benzene rings is 1. The van der Waals surface area contributed by atoms with E-state index in [1.807, 2.05) is 6.08 Å². The Morgan fingerprint density at radius 1 is 1.29 bits per heavy atom. The molecular formula is C15H20N2O3S. The second kappa shape index (κ2) is 6.17. The molecular weight excluding hydrogens is 288 g/mol. The van der Waals surface area contributed by atoms with Gasteiger partial charge in [-0.15, -0.1) is 0 Å². The van der Waals surface area contributed by atoms with Crippen LogP contribution in [0.4, 0.5) is 0 Å². The Morgan fingerprint density at radius 2 is 2.19 bits per heavy atom. The molecule has 3 rings (SSSR count). The fourth-order valence-electron chi connectivity index (χ4n) is 2.61. The van der Waals surface area contributed by atoms with Crippen LogP contribution in [-0.2, 0) is 16.4 Å². The third-order valence-corrected chi connectivity index (χ3v) is 5.24. The zero-order chi connectivity index (χ0) is 14.7. The van der Waals surface area contributed by atoms with Crippen LogP contribution < -0.4 is 14.8 Å². The van der Waals surface area contributed by atoms with Crippen LogP contribution in [0.25, 0.3) is 0 Å². The summed E-state index contributed by atoms with van der Waals surface area (Å²) in [5.74, 6) is 0.807. The number of aryl methyl sites for hydroxylation is 1. The van der Waals surface area contributed by atoms with Crippen molar-refractivity contribution >= 4 is 10.0 Å². The maximum absolute atomic E-state index is 12.4. The van der Waals surface area contributed by atoms with Gasteiger partial charge in [0.15, 0.2) is 0 Å². The van der Waals surface area contributed by atoms with Crippen LogP contribution in [0, 0.1) is 0 Å². The predicted molar refractivity (Wildman–Crippen MR) is 81.0 cm³/mol. The van der Waals surface area contributed by atoms with Gasteiger partial charge in [0.25, 0.3) is 0 Å². The molecule has 2 aliphatic rings. The third-order valence-electron chi connectivity index (χ3n) is 3.84. The normalized spacial score (nSPS) is 18.6. The molecule has 0 fully saturated rings. The van der Waals surface area contributed by atoms with Gasteiger partial charge < -0.3 is 10.1 Å². The Balaban J connectivity index is 1.73. The Labute approximate surface area is 125 Å². The molecule has 0 spiro atoms. The van der Waals surface area contributed by atoms with Gasteiger partial charge in [-0.3, -0.25) is 0 Å². The summed E-state index contributed by atoms with van der Waals surface area (Å²) in [4.78, 5) is 0.321. The highest BCUT2D eigenvalue weighted by atomic mass is 32.2. The highest BCUT2D eigenvalue weighted by Crippen LogP contribution is 2.27. The second-order valence-corrected chi connectivity index (χ2v) is 7.13. The van der Waals surface area contributed by atoms with E-state index in [0.717, 1.165) is 49.2 Å². The monoisotopic (exact) mass is 308 g/mol. The summed E-state index contributed by atoms with van der Waals surface area (Å²) >= 11 is 0. The Hall–Kier alpha value is -1.37. The SMILES string of the molecule is O=S(=O)(NCC1=CCNCC1)c1ccc2c(c1)CCCO2. The van der Waals surface area contributed by atoms with Crippen LogP contribution in [0.5, 0.6) is 5.75 Å². The minimum Gasteiger partial charge on any atom is -0.493 e. The Bertz CT molecular complexity index is 653. The molecule has 2 N–H and O–H groups in total. The molecule has 0 unspecified atom stereocenters. The topological polar surface area (TPSA) is 67.4 Å². The van der Waals surface area contributed by atoms with Gasteiger partial charge in [-0.1, -0.05) is 11.6 Å². The van der Waals surface area contributed by atoms with Gasteiger partial charge >= 0.3 is 0 Å². The largest absolute Gasteiger partial charge is 0.493 e. The van der Waals surface area contributed by atoms with E-state index in [4.69, 9.17) is 4.74 Å². The van der Waals surface area contributed by atoms with Crippen molar-refractivity contribution < 1.29 is 13.2 Å². The summed E-state index contributed by atoms with van der Waals surface area (Å²) in [5, 5.41) is 3.21. The lowest BCUT2D eigenvalue weighted by Gasteiger charge is -2.18. The number of ether oxygens (including phenoxy) is 1. The smallest absolute Gasteiger partial charge is 0.240 e. The number of nitrogens with one attached hydrogen (secondary N) is 2. The first kappa shape index (κ1) is 14.6. The Kier molecular flexibility index (Phi) is 4.28.